The molecule has 3 aromatic rings. The molecule has 8 heteroatoms. The highest BCUT2D eigenvalue weighted by Crippen LogP contribution is 2.31. The average Bonchev–Trinajstić information content (AvgIpc) is 2.85. The number of halogens is 1. The third kappa shape index (κ3) is 4.79. The maximum atomic E-state index is 13.0. The second kappa shape index (κ2) is 9.80. The number of esters is 1. The van der Waals surface area contributed by atoms with Crippen LogP contribution in [0.3, 0.4) is 0 Å². The van der Waals surface area contributed by atoms with E-state index in [1.54, 1.807) is 54.6 Å². The zero-order chi connectivity index (χ0) is 24.2. The normalized spacial score (nSPS) is 11.9. The number of nitrogens with one attached hydrogen (secondary N) is 1. The molecule has 0 bridgehead atoms. The second-order valence-electron chi connectivity index (χ2n) is 7.57. The fourth-order valence-corrected chi connectivity index (χ4v) is 3.78. The van der Waals surface area contributed by atoms with E-state index in [4.69, 9.17) is 16.3 Å². The third-order valence-electron chi connectivity index (χ3n) is 5.31. The molecule has 0 saturated heterocycles. The zero-order valence-electron chi connectivity index (χ0n) is 17.8. The predicted molar refractivity (Wildman–Crippen MR) is 124 cm³/mol. The van der Waals surface area contributed by atoms with Gasteiger partial charge in [-0.05, 0) is 30.3 Å². The van der Waals surface area contributed by atoms with Crippen molar-refractivity contribution in [1.29, 1.82) is 0 Å². The molecule has 7 nitrogen and oxygen atoms in total. The van der Waals surface area contributed by atoms with Gasteiger partial charge in [0.1, 0.15) is 0 Å². The summed E-state index contributed by atoms with van der Waals surface area (Å²) in [6.07, 6.45) is -0.274. The number of ether oxygens (including phenoxy) is 1. The number of benzene rings is 3. The summed E-state index contributed by atoms with van der Waals surface area (Å²) in [5.41, 5.74) is 1.44. The summed E-state index contributed by atoms with van der Waals surface area (Å²) in [6.45, 7) is -0.601. The van der Waals surface area contributed by atoms with Gasteiger partial charge in [0, 0.05) is 33.7 Å². The van der Waals surface area contributed by atoms with Gasteiger partial charge in [-0.3, -0.25) is 24.0 Å². The smallest absolute Gasteiger partial charge is 0.306 e. The molecule has 0 heterocycles. The molecule has 1 aliphatic carbocycles. The number of ketones is 3. The number of hydrogen-bond donors (Lipinski definition) is 1. The van der Waals surface area contributed by atoms with Gasteiger partial charge in [-0.15, -0.1) is 0 Å². The van der Waals surface area contributed by atoms with E-state index in [1.807, 2.05) is 0 Å². The Morgan fingerprint density at radius 1 is 0.765 bits per heavy atom. The Hall–Kier alpha value is -4.10. The number of rotatable bonds is 7. The summed E-state index contributed by atoms with van der Waals surface area (Å²) in [4.78, 5) is 62.2. The predicted octanol–water partition coefficient (Wildman–Crippen LogP) is 4.26. The van der Waals surface area contributed by atoms with Crippen molar-refractivity contribution in [2.75, 3.05) is 11.9 Å². The molecule has 0 aliphatic heterocycles. The summed E-state index contributed by atoms with van der Waals surface area (Å²) in [5.74, 6) is -2.33. The van der Waals surface area contributed by atoms with Crippen LogP contribution in [0.5, 0.6) is 0 Å². The highest BCUT2D eigenvalue weighted by molar-refractivity contribution is 6.31. The van der Waals surface area contributed by atoms with Crippen LogP contribution in [0.2, 0.25) is 5.02 Å². The van der Waals surface area contributed by atoms with Gasteiger partial charge in [-0.2, -0.15) is 0 Å². The average molecular weight is 476 g/mol. The van der Waals surface area contributed by atoms with Crippen LogP contribution in [0, 0.1) is 0 Å². The van der Waals surface area contributed by atoms with E-state index in [0.29, 0.717) is 16.1 Å². The summed E-state index contributed by atoms with van der Waals surface area (Å²) >= 11 is 5.79. The number of amides is 1. The quantitative estimate of drug-likeness (QED) is 0.316. The molecule has 0 aromatic heterocycles. The lowest BCUT2D eigenvalue weighted by Gasteiger charge is -2.20. The lowest BCUT2D eigenvalue weighted by atomic mass is 9.83. The molecule has 0 fully saturated rings. The lowest BCUT2D eigenvalue weighted by molar-refractivity contribution is -0.147. The number of carbonyl (C=O) groups is 5. The molecule has 1 amide bonds. The molecule has 0 unspecified atom stereocenters. The van der Waals surface area contributed by atoms with E-state index < -0.39 is 18.5 Å². The van der Waals surface area contributed by atoms with Gasteiger partial charge < -0.3 is 10.1 Å². The Bertz CT molecular complexity index is 1330. The minimum atomic E-state index is -0.715. The number of hydrogen-bond acceptors (Lipinski definition) is 6. The van der Waals surface area contributed by atoms with Crippen LogP contribution in [-0.2, 0) is 14.3 Å². The Labute approximate surface area is 199 Å². The SMILES string of the molecule is O=C(COC(=O)CCC(=O)c1ccc(Cl)cc1)Nc1cccc2c1C(=O)c1ccccc1C2=O. The van der Waals surface area contributed by atoms with Crippen LogP contribution >= 0.6 is 11.6 Å². The van der Waals surface area contributed by atoms with Crippen molar-refractivity contribution in [3.63, 3.8) is 0 Å². The van der Waals surface area contributed by atoms with Crippen molar-refractivity contribution in [1.82, 2.24) is 0 Å². The number of anilines is 1. The summed E-state index contributed by atoms with van der Waals surface area (Å²) in [6, 6.07) is 17.4. The standard InChI is InChI=1S/C26H18ClNO6/c27-16-10-8-15(9-11-16)21(29)12-13-23(31)34-14-22(30)28-20-7-3-6-19-24(20)26(33)18-5-2-1-4-17(18)25(19)32/h1-11H,12-14H2,(H,28,30). The number of Topliss-reactive ketones (excluding diaryl/α,β-unsaturated/α-hetero) is 1. The largest absolute Gasteiger partial charge is 0.456 e. The molecule has 4 rings (SSSR count). The molecule has 170 valence electrons. The Balaban J connectivity index is 1.35. The molecule has 3 aromatic carbocycles. The van der Waals surface area contributed by atoms with E-state index in [0.717, 1.165) is 0 Å². The fraction of sp³-hybridized carbons (Fsp3) is 0.115. The third-order valence-corrected chi connectivity index (χ3v) is 5.57. The van der Waals surface area contributed by atoms with Crippen molar-refractivity contribution in [2.24, 2.45) is 0 Å². The van der Waals surface area contributed by atoms with Gasteiger partial charge >= 0.3 is 5.97 Å². The minimum Gasteiger partial charge on any atom is -0.456 e. The second-order valence-corrected chi connectivity index (χ2v) is 8.01. The van der Waals surface area contributed by atoms with Gasteiger partial charge in [-0.1, -0.05) is 48.0 Å². The molecule has 0 saturated carbocycles. The van der Waals surface area contributed by atoms with Crippen LogP contribution in [0.1, 0.15) is 55.0 Å². The lowest BCUT2D eigenvalue weighted by Crippen LogP contribution is -2.26. The molecule has 0 radical (unpaired) electrons. The molecular weight excluding hydrogens is 458 g/mol. The van der Waals surface area contributed by atoms with Crippen molar-refractivity contribution >= 4 is 46.5 Å². The van der Waals surface area contributed by atoms with Crippen LogP contribution in [0.15, 0.2) is 66.7 Å². The van der Waals surface area contributed by atoms with E-state index in [-0.39, 0.29) is 52.6 Å². The first-order chi connectivity index (χ1) is 16.3. The summed E-state index contributed by atoms with van der Waals surface area (Å²) in [7, 11) is 0. The summed E-state index contributed by atoms with van der Waals surface area (Å²) in [5, 5.41) is 3.03. The zero-order valence-corrected chi connectivity index (χ0v) is 18.6. The Morgan fingerprint density at radius 3 is 2.12 bits per heavy atom. The molecule has 0 atom stereocenters. The molecule has 1 N–H and O–H groups in total. The highest BCUT2D eigenvalue weighted by atomic mass is 35.5. The molecule has 0 spiro atoms. The van der Waals surface area contributed by atoms with Gasteiger partial charge in [-0.25, -0.2) is 0 Å². The van der Waals surface area contributed by atoms with Crippen LogP contribution in [-0.4, -0.2) is 35.8 Å². The van der Waals surface area contributed by atoms with Gasteiger partial charge in [0.25, 0.3) is 5.91 Å². The fourth-order valence-electron chi connectivity index (χ4n) is 3.65. The molecule has 34 heavy (non-hydrogen) atoms. The first kappa shape index (κ1) is 23.1. The van der Waals surface area contributed by atoms with Crippen LogP contribution < -0.4 is 5.32 Å². The first-order valence-corrected chi connectivity index (χ1v) is 10.8. The summed E-state index contributed by atoms with van der Waals surface area (Å²) < 4.78 is 4.95. The van der Waals surface area contributed by atoms with Crippen molar-refractivity contribution in [3.05, 3.63) is 99.6 Å². The van der Waals surface area contributed by atoms with Crippen molar-refractivity contribution < 1.29 is 28.7 Å². The van der Waals surface area contributed by atoms with Crippen molar-refractivity contribution in [2.45, 2.75) is 12.8 Å². The minimum absolute atomic E-state index is 0.0791. The molecule has 1 aliphatic rings. The van der Waals surface area contributed by atoms with Gasteiger partial charge in [0.2, 0.25) is 0 Å². The maximum absolute atomic E-state index is 13.0. The number of carbonyl (C=O) groups excluding carboxylic acids is 5. The Morgan fingerprint density at radius 2 is 1.41 bits per heavy atom. The van der Waals surface area contributed by atoms with E-state index in [2.05, 4.69) is 5.32 Å². The molecular formula is C26H18ClNO6. The van der Waals surface area contributed by atoms with Crippen LogP contribution in [0.25, 0.3) is 0 Å². The number of fused-ring (bicyclic) bond motifs is 2. The highest BCUT2D eigenvalue weighted by Gasteiger charge is 2.31. The van der Waals surface area contributed by atoms with E-state index >= 15 is 0 Å². The maximum Gasteiger partial charge on any atom is 0.306 e. The van der Waals surface area contributed by atoms with Gasteiger partial charge in [0.05, 0.1) is 17.7 Å². The monoisotopic (exact) mass is 475 g/mol. The Kier molecular flexibility index (Phi) is 6.65. The van der Waals surface area contributed by atoms with Crippen LogP contribution in [0.4, 0.5) is 5.69 Å². The van der Waals surface area contributed by atoms with E-state index in [1.165, 1.54) is 12.1 Å². The van der Waals surface area contributed by atoms with Crippen molar-refractivity contribution in [3.8, 4) is 0 Å². The topological polar surface area (TPSA) is 107 Å². The first-order valence-electron chi connectivity index (χ1n) is 10.4. The van der Waals surface area contributed by atoms with Gasteiger partial charge in [0.15, 0.2) is 24.0 Å². The van der Waals surface area contributed by atoms with E-state index in [9.17, 15) is 24.0 Å².